The fraction of sp³-hybridized carbons (Fsp3) is 0.625. The number of fused-ring (bicyclic) bond motifs is 2. The van der Waals surface area contributed by atoms with Gasteiger partial charge in [-0.15, -0.1) is 0 Å². The van der Waals surface area contributed by atoms with E-state index >= 15 is 0 Å². The Labute approximate surface area is 170 Å². The average molecular weight is 382 g/mol. The number of nitrogens with one attached hydrogen (secondary N) is 1. The summed E-state index contributed by atoms with van der Waals surface area (Å²) in [5.74, 6) is 1.26. The van der Waals surface area contributed by atoms with Gasteiger partial charge < -0.3 is 10.2 Å². The third-order valence-corrected chi connectivity index (χ3v) is 7.16. The summed E-state index contributed by atoms with van der Waals surface area (Å²) < 4.78 is 0. The predicted octanol–water partition coefficient (Wildman–Crippen LogP) is 4.19. The van der Waals surface area contributed by atoms with Crippen molar-refractivity contribution in [2.75, 3.05) is 25.5 Å². The topological polar surface area (TPSA) is 35.6 Å². The van der Waals surface area contributed by atoms with E-state index in [1.807, 2.05) is 0 Å². The van der Waals surface area contributed by atoms with E-state index in [4.69, 9.17) is 0 Å². The molecule has 4 nitrogen and oxygen atoms in total. The van der Waals surface area contributed by atoms with Crippen LogP contribution in [0.5, 0.6) is 0 Å². The molecule has 28 heavy (non-hydrogen) atoms. The molecule has 0 radical (unpaired) electrons. The Morgan fingerprint density at radius 1 is 1.21 bits per heavy atom. The van der Waals surface area contributed by atoms with E-state index in [1.165, 1.54) is 22.4 Å². The lowest BCUT2D eigenvalue weighted by Gasteiger charge is -2.44. The van der Waals surface area contributed by atoms with Crippen molar-refractivity contribution in [2.45, 2.75) is 65.1 Å². The van der Waals surface area contributed by atoms with Gasteiger partial charge in [0.1, 0.15) is 0 Å². The summed E-state index contributed by atoms with van der Waals surface area (Å²) in [6, 6.07) is 7.49. The number of hydrogen-bond donors (Lipinski definition) is 1. The number of anilines is 1. The maximum absolute atomic E-state index is 13.6. The summed E-state index contributed by atoms with van der Waals surface area (Å²) in [4.78, 5) is 18.1. The quantitative estimate of drug-likeness (QED) is 0.849. The minimum absolute atomic E-state index is 0.0679. The van der Waals surface area contributed by atoms with Crippen LogP contribution in [0.25, 0.3) is 5.57 Å². The minimum atomic E-state index is -0.0679. The highest BCUT2D eigenvalue weighted by Gasteiger charge is 2.42. The molecule has 0 spiro atoms. The molecule has 1 aromatic carbocycles. The van der Waals surface area contributed by atoms with Crippen LogP contribution >= 0.6 is 0 Å². The van der Waals surface area contributed by atoms with Crippen LogP contribution in [-0.2, 0) is 4.79 Å². The molecule has 0 fully saturated rings. The molecule has 0 bridgehead atoms. The zero-order valence-corrected chi connectivity index (χ0v) is 18.2. The zero-order valence-electron chi connectivity index (χ0n) is 18.2. The van der Waals surface area contributed by atoms with Gasteiger partial charge in [-0.1, -0.05) is 32.1 Å². The molecule has 1 aromatic rings. The lowest BCUT2D eigenvalue weighted by Crippen LogP contribution is -2.52. The first-order valence-corrected chi connectivity index (χ1v) is 10.9. The monoisotopic (exact) mass is 381 g/mol. The van der Waals surface area contributed by atoms with Crippen molar-refractivity contribution in [3.63, 3.8) is 0 Å². The molecule has 4 atom stereocenters. The van der Waals surface area contributed by atoms with Gasteiger partial charge in [0.2, 0.25) is 5.91 Å². The molecule has 1 aliphatic carbocycles. The number of benzene rings is 1. The summed E-state index contributed by atoms with van der Waals surface area (Å²) in [5.41, 5.74) is 5.49. The van der Waals surface area contributed by atoms with Gasteiger partial charge in [-0.2, -0.15) is 0 Å². The second-order valence-electron chi connectivity index (χ2n) is 9.59. The van der Waals surface area contributed by atoms with Crippen molar-refractivity contribution in [2.24, 2.45) is 11.8 Å². The number of carbonyl (C=O) groups is 1. The molecule has 4 heteroatoms. The molecule has 1 amide bonds. The number of nitrogens with zero attached hydrogens (tertiary/aromatic N) is 2. The van der Waals surface area contributed by atoms with Gasteiger partial charge in [0.15, 0.2) is 0 Å². The van der Waals surface area contributed by atoms with Crippen molar-refractivity contribution < 1.29 is 4.79 Å². The Morgan fingerprint density at radius 3 is 2.64 bits per heavy atom. The normalized spacial score (nSPS) is 27.1. The summed E-state index contributed by atoms with van der Waals surface area (Å²) in [6.45, 7) is 12.7. The lowest BCUT2D eigenvalue weighted by atomic mass is 9.74. The smallest absolute Gasteiger partial charge is 0.231 e. The van der Waals surface area contributed by atoms with Gasteiger partial charge in [-0.05, 0) is 62.9 Å². The SMILES string of the molecule is CC(C)C(C)N(C(=O)C1C=C2c3cccc4c3C(CN4)CC2N(C)C1)C(C)C. The molecule has 3 aliphatic rings. The van der Waals surface area contributed by atoms with E-state index in [0.717, 1.165) is 19.5 Å². The maximum atomic E-state index is 13.6. The Balaban J connectivity index is 1.71. The predicted molar refractivity (Wildman–Crippen MR) is 116 cm³/mol. The molecule has 0 aromatic heterocycles. The molecular formula is C24H35N3O. The largest absolute Gasteiger partial charge is 0.384 e. The van der Waals surface area contributed by atoms with Crippen molar-refractivity contribution in [3.8, 4) is 0 Å². The zero-order chi connectivity index (χ0) is 20.2. The Kier molecular flexibility index (Phi) is 5.03. The standard InChI is InChI=1S/C24H35N3O/c1-14(2)16(5)27(15(3)4)24(28)18-10-20-19-8-7-9-21-23(19)17(12-25-21)11-22(20)26(6)13-18/h7-10,14-18,22,25H,11-13H2,1-6H3. The van der Waals surface area contributed by atoms with Crippen LogP contribution in [0, 0.1) is 11.8 Å². The second-order valence-corrected chi connectivity index (χ2v) is 9.59. The molecule has 0 saturated carbocycles. The van der Waals surface area contributed by atoms with E-state index in [2.05, 4.69) is 81.1 Å². The van der Waals surface area contributed by atoms with Crippen LogP contribution in [0.2, 0.25) is 0 Å². The molecule has 4 rings (SSSR count). The number of hydrogen-bond acceptors (Lipinski definition) is 3. The van der Waals surface area contributed by atoms with E-state index in [1.54, 1.807) is 0 Å². The number of amides is 1. The van der Waals surface area contributed by atoms with Gasteiger partial charge in [0.05, 0.1) is 5.92 Å². The Bertz CT molecular complexity index is 797. The van der Waals surface area contributed by atoms with Gasteiger partial charge >= 0.3 is 0 Å². The van der Waals surface area contributed by atoms with E-state index in [9.17, 15) is 4.79 Å². The van der Waals surface area contributed by atoms with E-state index in [0.29, 0.717) is 17.9 Å². The molecular weight excluding hydrogens is 346 g/mol. The molecule has 2 heterocycles. The minimum Gasteiger partial charge on any atom is -0.384 e. The first-order chi connectivity index (χ1) is 13.3. The van der Waals surface area contributed by atoms with Crippen molar-refractivity contribution in [1.29, 1.82) is 0 Å². The van der Waals surface area contributed by atoms with Gasteiger partial charge in [-0.25, -0.2) is 0 Å². The van der Waals surface area contributed by atoms with Crippen LogP contribution < -0.4 is 5.32 Å². The van der Waals surface area contributed by atoms with E-state index in [-0.39, 0.29) is 23.9 Å². The molecule has 2 aliphatic heterocycles. The average Bonchev–Trinajstić information content (AvgIpc) is 3.06. The van der Waals surface area contributed by atoms with E-state index < -0.39 is 0 Å². The summed E-state index contributed by atoms with van der Waals surface area (Å²) in [5, 5.41) is 3.58. The highest BCUT2D eigenvalue weighted by Crippen LogP contribution is 2.48. The number of rotatable bonds is 4. The van der Waals surface area contributed by atoms with Gasteiger partial charge in [-0.3, -0.25) is 9.69 Å². The van der Waals surface area contributed by atoms with Crippen LogP contribution in [-0.4, -0.2) is 54.0 Å². The summed E-state index contributed by atoms with van der Waals surface area (Å²) >= 11 is 0. The highest BCUT2D eigenvalue weighted by atomic mass is 16.2. The third-order valence-electron chi connectivity index (χ3n) is 7.16. The Hall–Kier alpha value is -1.81. The molecule has 1 N–H and O–H groups in total. The van der Waals surface area contributed by atoms with Crippen molar-refractivity contribution in [3.05, 3.63) is 35.4 Å². The Morgan fingerprint density at radius 2 is 1.96 bits per heavy atom. The first-order valence-electron chi connectivity index (χ1n) is 10.9. The molecule has 0 saturated heterocycles. The fourth-order valence-corrected chi connectivity index (χ4v) is 5.44. The second kappa shape index (κ2) is 7.22. The summed E-state index contributed by atoms with van der Waals surface area (Å²) in [6.07, 6.45) is 3.45. The van der Waals surface area contributed by atoms with Crippen LogP contribution in [0.4, 0.5) is 5.69 Å². The number of carbonyl (C=O) groups excluding carboxylic acids is 1. The third kappa shape index (κ3) is 3.06. The molecule has 4 unspecified atom stereocenters. The van der Waals surface area contributed by atoms with Gasteiger partial charge in [0, 0.05) is 42.8 Å². The molecule has 152 valence electrons. The summed E-state index contributed by atoms with van der Waals surface area (Å²) in [7, 11) is 2.20. The maximum Gasteiger partial charge on any atom is 0.231 e. The highest BCUT2D eigenvalue weighted by molar-refractivity contribution is 5.88. The number of likely N-dealkylation sites (N-methyl/N-ethyl adjacent to an activating group) is 1. The van der Waals surface area contributed by atoms with Gasteiger partial charge in [0.25, 0.3) is 0 Å². The lowest BCUT2D eigenvalue weighted by molar-refractivity contribution is -0.139. The van der Waals surface area contributed by atoms with Crippen molar-refractivity contribution in [1.82, 2.24) is 9.80 Å². The van der Waals surface area contributed by atoms with Crippen molar-refractivity contribution >= 4 is 17.2 Å². The van der Waals surface area contributed by atoms with Crippen LogP contribution in [0.15, 0.2) is 24.3 Å². The first kappa shape index (κ1) is 19.5. The van der Waals surface area contributed by atoms with Crippen LogP contribution in [0.3, 0.4) is 0 Å². The fourth-order valence-electron chi connectivity index (χ4n) is 5.44. The van der Waals surface area contributed by atoms with Crippen LogP contribution in [0.1, 0.15) is 58.1 Å².